The van der Waals surface area contributed by atoms with E-state index in [0.717, 1.165) is 48.6 Å². The van der Waals surface area contributed by atoms with E-state index in [1.54, 1.807) is 7.11 Å². The maximum absolute atomic E-state index is 10.7. The monoisotopic (exact) mass is 437 g/mol. The number of nitrogens with zero attached hydrogens (tertiary/aromatic N) is 3. The summed E-state index contributed by atoms with van der Waals surface area (Å²) in [5.74, 6) is 1.56. The molecule has 0 spiro atoms. The molecular weight excluding hydrogens is 406 g/mol. The standard InChI is InChI=1S/C25H31N3O4/c1-31-22-8-10-23-19(15-22)7-9-24(26-23)25(30)17-28-13-11-27(12-14-28)16-20(29)18-32-21-5-3-2-4-6-21/h2-10,15,20,25,29-30H,11-14,16-18H2,1H3/t20?,25-/m1/s1. The number of hydrogen-bond acceptors (Lipinski definition) is 7. The normalized spacial score (nSPS) is 17.2. The zero-order valence-electron chi connectivity index (χ0n) is 18.4. The van der Waals surface area contributed by atoms with Crippen LogP contribution in [0.25, 0.3) is 10.9 Å². The Morgan fingerprint density at radius 3 is 2.31 bits per heavy atom. The number of aromatic nitrogens is 1. The summed E-state index contributed by atoms with van der Waals surface area (Å²) in [4.78, 5) is 9.11. The van der Waals surface area contributed by atoms with Crippen molar-refractivity contribution in [2.24, 2.45) is 0 Å². The Balaban J connectivity index is 1.22. The van der Waals surface area contributed by atoms with Crippen LogP contribution in [0.4, 0.5) is 0 Å². The van der Waals surface area contributed by atoms with Crippen LogP contribution in [0, 0.1) is 0 Å². The minimum atomic E-state index is -0.641. The van der Waals surface area contributed by atoms with Gasteiger partial charge in [0.1, 0.15) is 30.3 Å². The SMILES string of the molecule is COc1ccc2nc([C@H](O)CN3CCN(CC(O)COc4ccccc4)CC3)ccc2c1. The van der Waals surface area contributed by atoms with E-state index in [1.165, 1.54) is 0 Å². The lowest BCUT2D eigenvalue weighted by molar-refractivity contribution is 0.0326. The molecular formula is C25H31N3O4. The van der Waals surface area contributed by atoms with Gasteiger partial charge in [-0.05, 0) is 36.4 Å². The van der Waals surface area contributed by atoms with Crippen molar-refractivity contribution in [1.29, 1.82) is 0 Å². The lowest BCUT2D eigenvalue weighted by Gasteiger charge is -2.36. The molecule has 0 amide bonds. The molecule has 0 saturated carbocycles. The molecule has 32 heavy (non-hydrogen) atoms. The van der Waals surface area contributed by atoms with Crippen LogP contribution in [0.2, 0.25) is 0 Å². The number of fused-ring (bicyclic) bond motifs is 1. The summed E-state index contributed by atoms with van der Waals surface area (Å²) in [6, 6.07) is 19.1. The van der Waals surface area contributed by atoms with Crippen molar-refractivity contribution in [3.8, 4) is 11.5 Å². The second-order valence-corrected chi connectivity index (χ2v) is 8.19. The first-order valence-electron chi connectivity index (χ1n) is 11.0. The second kappa shape index (κ2) is 10.7. The molecule has 2 atom stereocenters. The average molecular weight is 438 g/mol. The number of piperazine rings is 1. The Hall–Kier alpha value is -2.71. The van der Waals surface area contributed by atoms with Gasteiger partial charge < -0.3 is 19.7 Å². The van der Waals surface area contributed by atoms with Crippen LogP contribution < -0.4 is 9.47 Å². The Morgan fingerprint density at radius 2 is 1.59 bits per heavy atom. The van der Waals surface area contributed by atoms with Gasteiger partial charge in [0.05, 0.1) is 18.3 Å². The maximum Gasteiger partial charge on any atom is 0.119 e. The van der Waals surface area contributed by atoms with E-state index < -0.39 is 12.2 Å². The third kappa shape index (κ3) is 5.95. The highest BCUT2D eigenvalue weighted by Gasteiger charge is 2.22. The van der Waals surface area contributed by atoms with Crippen molar-refractivity contribution < 1.29 is 19.7 Å². The van der Waals surface area contributed by atoms with E-state index in [1.807, 2.05) is 60.7 Å². The molecule has 0 aliphatic carbocycles. The number of hydrogen-bond donors (Lipinski definition) is 2. The van der Waals surface area contributed by atoms with Crippen LogP contribution in [0.1, 0.15) is 11.8 Å². The summed E-state index contributed by atoms with van der Waals surface area (Å²) in [6.07, 6.45) is -1.18. The van der Waals surface area contributed by atoms with Gasteiger partial charge in [-0.25, -0.2) is 0 Å². The Morgan fingerprint density at radius 1 is 0.875 bits per heavy atom. The quantitative estimate of drug-likeness (QED) is 0.532. The van der Waals surface area contributed by atoms with Gasteiger partial charge >= 0.3 is 0 Å². The lowest BCUT2D eigenvalue weighted by atomic mass is 10.1. The second-order valence-electron chi connectivity index (χ2n) is 8.19. The number of pyridine rings is 1. The topological polar surface area (TPSA) is 78.3 Å². The third-order valence-electron chi connectivity index (χ3n) is 5.81. The molecule has 1 unspecified atom stereocenters. The Bertz CT molecular complexity index is 993. The number of methoxy groups -OCH3 is 1. The van der Waals surface area contributed by atoms with Gasteiger partial charge in [0, 0.05) is 44.7 Å². The zero-order chi connectivity index (χ0) is 22.3. The third-order valence-corrected chi connectivity index (χ3v) is 5.81. The maximum atomic E-state index is 10.7. The van der Waals surface area contributed by atoms with E-state index >= 15 is 0 Å². The minimum Gasteiger partial charge on any atom is -0.497 e. The fourth-order valence-corrected chi connectivity index (χ4v) is 3.98. The summed E-state index contributed by atoms with van der Waals surface area (Å²) in [7, 11) is 1.64. The first-order valence-corrected chi connectivity index (χ1v) is 11.0. The predicted molar refractivity (Wildman–Crippen MR) is 124 cm³/mol. The van der Waals surface area contributed by atoms with Crippen molar-refractivity contribution >= 4 is 10.9 Å². The van der Waals surface area contributed by atoms with Crippen LogP contribution >= 0.6 is 0 Å². The molecule has 1 aliphatic heterocycles. The van der Waals surface area contributed by atoms with Gasteiger partial charge in [0.2, 0.25) is 0 Å². The van der Waals surface area contributed by atoms with Gasteiger partial charge in [-0.15, -0.1) is 0 Å². The average Bonchev–Trinajstić information content (AvgIpc) is 2.84. The summed E-state index contributed by atoms with van der Waals surface area (Å²) in [5, 5.41) is 22.0. The zero-order valence-corrected chi connectivity index (χ0v) is 18.4. The number of benzene rings is 2. The largest absolute Gasteiger partial charge is 0.497 e. The molecule has 2 aromatic carbocycles. The molecule has 0 radical (unpaired) electrons. The van der Waals surface area contributed by atoms with Gasteiger partial charge in [0.15, 0.2) is 0 Å². The van der Waals surface area contributed by atoms with E-state index in [9.17, 15) is 10.2 Å². The molecule has 1 fully saturated rings. The van der Waals surface area contributed by atoms with Gasteiger partial charge in [0.25, 0.3) is 0 Å². The number of para-hydroxylation sites is 1. The number of aliphatic hydroxyl groups is 2. The van der Waals surface area contributed by atoms with Gasteiger partial charge in [-0.2, -0.15) is 0 Å². The van der Waals surface area contributed by atoms with Crippen LogP contribution in [0.3, 0.4) is 0 Å². The van der Waals surface area contributed by atoms with Crippen molar-refractivity contribution in [1.82, 2.24) is 14.8 Å². The van der Waals surface area contributed by atoms with E-state index in [4.69, 9.17) is 9.47 Å². The van der Waals surface area contributed by atoms with E-state index in [-0.39, 0.29) is 6.61 Å². The first-order chi connectivity index (χ1) is 15.6. The number of aliphatic hydroxyl groups excluding tert-OH is 2. The minimum absolute atomic E-state index is 0.280. The first kappa shape index (κ1) is 22.5. The Labute approximate surface area is 188 Å². The van der Waals surface area contributed by atoms with Crippen LogP contribution in [0.15, 0.2) is 60.7 Å². The predicted octanol–water partition coefficient (Wildman–Crippen LogP) is 2.33. The fraction of sp³-hybridized carbons (Fsp3) is 0.400. The van der Waals surface area contributed by atoms with Crippen molar-refractivity contribution in [3.05, 3.63) is 66.4 Å². The van der Waals surface area contributed by atoms with Gasteiger partial charge in [-0.1, -0.05) is 24.3 Å². The van der Waals surface area contributed by atoms with Crippen molar-refractivity contribution in [2.75, 3.05) is 53.0 Å². The van der Waals surface area contributed by atoms with E-state index in [0.29, 0.717) is 18.8 Å². The number of ether oxygens (including phenoxy) is 2. The molecule has 2 heterocycles. The van der Waals surface area contributed by atoms with Crippen LogP contribution in [0.5, 0.6) is 11.5 Å². The summed E-state index contributed by atoms with van der Waals surface area (Å²) >= 11 is 0. The van der Waals surface area contributed by atoms with Crippen molar-refractivity contribution in [2.45, 2.75) is 12.2 Å². The summed E-state index contributed by atoms with van der Waals surface area (Å²) < 4.78 is 10.9. The fourth-order valence-electron chi connectivity index (χ4n) is 3.98. The molecule has 2 N–H and O–H groups in total. The number of rotatable bonds is 9. The van der Waals surface area contributed by atoms with E-state index in [2.05, 4.69) is 14.8 Å². The highest BCUT2D eigenvalue weighted by molar-refractivity contribution is 5.80. The van der Waals surface area contributed by atoms with Crippen molar-refractivity contribution in [3.63, 3.8) is 0 Å². The van der Waals surface area contributed by atoms with Gasteiger partial charge in [-0.3, -0.25) is 14.8 Å². The molecule has 0 bridgehead atoms. The highest BCUT2D eigenvalue weighted by Crippen LogP contribution is 2.22. The highest BCUT2D eigenvalue weighted by atomic mass is 16.5. The molecule has 7 heteroatoms. The lowest BCUT2D eigenvalue weighted by Crippen LogP contribution is -2.50. The molecule has 1 saturated heterocycles. The van der Waals surface area contributed by atoms with Crippen LogP contribution in [-0.4, -0.2) is 84.1 Å². The molecule has 1 aliphatic rings. The molecule has 7 nitrogen and oxygen atoms in total. The molecule has 3 aromatic rings. The van der Waals surface area contributed by atoms with Crippen LogP contribution in [-0.2, 0) is 0 Å². The Kier molecular flexibility index (Phi) is 7.55. The molecule has 4 rings (SSSR count). The molecule has 1 aromatic heterocycles. The summed E-state index contributed by atoms with van der Waals surface area (Å²) in [5.41, 5.74) is 1.53. The summed E-state index contributed by atoms with van der Waals surface area (Å²) in [6.45, 7) is 4.78. The number of β-amino-alcohol motifs (C(OH)–C–C–N with tert-alkyl or cyclic N) is 2. The smallest absolute Gasteiger partial charge is 0.119 e. The molecule has 170 valence electrons.